The van der Waals surface area contributed by atoms with E-state index in [1.807, 2.05) is 0 Å². The Morgan fingerprint density at radius 3 is 2.16 bits per heavy atom. The van der Waals surface area contributed by atoms with Crippen molar-refractivity contribution in [3.05, 3.63) is 107 Å². The first-order valence-corrected chi connectivity index (χ1v) is 23.9. The van der Waals surface area contributed by atoms with Crippen LogP contribution in [0.4, 0.5) is 0 Å². The van der Waals surface area contributed by atoms with Gasteiger partial charge in [0.15, 0.2) is 0 Å². The summed E-state index contributed by atoms with van der Waals surface area (Å²) < 4.78 is 1.45. The molecule has 4 aromatic carbocycles. The molecule has 1 aliphatic heterocycles. The molecule has 1 atom stereocenters. The van der Waals surface area contributed by atoms with E-state index in [4.69, 9.17) is 17.0 Å². The molecule has 1 aliphatic carbocycles. The topological polar surface area (TPSA) is 0 Å². The number of allylic oxidation sites excluding steroid dienone is 1. The molecule has 0 N–H and O–H groups in total. The molecule has 0 radical (unpaired) electrons. The molecule has 6 rings (SSSR count). The number of aryl methyl sites for hydroxylation is 2. The van der Waals surface area contributed by atoms with Crippen molar-refractivity contribution in [3.8, 4) is 22.3 Å². The molecular weight excluding hydrogens is 587 g/mol. The van der Waals surface area contributed by atoms with Crippen LogP contribution in [0.3, 0.4) is 0 Å². The van der Waals surface area contributed by atoms with Crippen LogP contribution >= 0.6 is 17.0 Å². The number of fused-ring (bicyclic) bond motifs is 4. The fraction of sp³-hybridized carbons (Fsp3) is 0.212. The van der Waals surface area contributed by atoms with Gasteiger partial charge in [0.1, 0.15) is 0 Å². The Balaban J connectivity index is 1.54. The van der Waals surface area contributed by atoms with Crippen molar-refractivity contribution in [3.63, 3.8) is 0 Å². The standard InChI is InChI=1S/C21H23.C12H9Si.2ClH.Zr/c1-4-15-13-18-12-11-17(6-3)21(20(18)14-15)19-10-8-7-9-16(19)5-2;1-3-7-11-9(5-1)10-6-2-4-8-12(10)13-11;;;/h7-14H,4-6H2,1-3H3;1-7H,13H2;2*1H;/q;;;;+2/p-2. The third kappa shape index (κ3) is 4.11. The Morgan fingerprint density at radius 1 is 0.703 bits per heavy atom. The molecular formula is C33H32Cl2SiZr. The molecule has 0 saturated carbocycles. The van der Waals surface area contributed by atoms with Gasteiger partial charge in [0, 0.05) is 0 Å². The second-order valence-electron chi connectivity index (χ2n) is 10.3. The monoisotopic (exact) mass is 616 g/mol. The quantitative estimate of drug-likeness (QED) is 0.177. The maximum absolute atomic E-state index is 7.78. The van der Waals surface area contributed by atoms with E-state index in [9.17, 15) is 0 Å². The first-order chi connectivity index (χ1) is 18.0. The fourth-order valence-corrected chi connectivity index (χ4v) is 23.6. The van der Waals surface area contributed by atoms with Crippen LogP contribution in [0.1, 0.15) is 53.1 Å². The van der Waals surface area contributed by atoms with Crippen LogP contribution in [0.15, 0.2) is 84.4 Å². The van der Waals surface area contributed by atoms with Gasteiger partial charge >= 0.3 is 237 Å². The molecule has 0 amide bonds. The van der Waals surface area contributed by atoms with Gasteiger partial charge in [-0.15, -0.1) is 0 Å². The molecule has 1 unspecified atom stereocenters. The van der Waals surface area contributed by atoms with Crippen LogP contribution in [-0.4, -0.2) is 9.52 Å². The summed E-state index contributed by atoms with van der Waals surface area (Å²) in [6.07, 6.45) is 5.45. The van der Waals surface area contributed by atoms with Gasteiger partial charge in [-0.1, -0.05) is 0 Å². The Hall–Kier alpha value is -1.70. The van der Waals surface area contributed by atoms with Gasteiger partial charge in [0.25, 0.3) is 0 Å². The zero-order valence-corrected chi connectivity index (χ0v) is 27.1. The SMILES string of the molecule is CCC1=Cc2c(ccc(CC)c2-c2ccccc2CC)[CH]1[Zr]([Cl])([Cl])[c]1cccc2c1[SiH2]c1ccccc1-2. The van der Waals surface area contributed by atoms with Crippen molar-refractivity contribution < 1.29 is 17.9 Å². The number of halogens is 2. The minimum atomic E-state index is -3.91. The second kappa shape index (κ2) is 10.1. The van der Waals surface area contributed by atoms with Gasteiger partial charge in [-0.3, -0.25) is 0 Å². The molecule has 0 saturated heterocycles. The predicted octanol–water partition coefficient (Wildman–Crippen LogP) is 7.21. The number of rotatable bonds is 6. The average molecular weight is 619 g/mol. The van der Waals surface area contributed by atoms with E-state index in [0.717, 1.165) is 19.3 Å². The van der Waals surface area contributed by atoms with E-state index in [-0.39, 0.29) is 3.63 Å². The van der Waals surface area contributed by atoms with Gasteiger partial charge in [-0.2, -0.15) is 0 Å². The summed E-state index contributed by atoms with van der Waals surface area (Å²) in [7, 11) is 15.0. The molecule has 0 aromatic heterocycles. The van der Waals surface area contributed by atoms with Crippen LogP contribution in [0.25, 0.3) is 28.3 Å². The van der Waals surface area contributed by atoms with Crippen LogP contribution in [-0.2, 0) is 30.7 Å². The zero-order valence-electron chi connectivity index (χ0n) is 21.7. The van der Waals surface area contributed by atoms with E-state index in [2.05, 4.69) is 106 Å². The molecule has 0 spiro atoms. The van der Waals surface area contributed by atoms with Gasteiger partial charge in [-0.25, -0.2) is 0 Å². The first-order valence-electron chi connectivity index (χ1n) is 13.5. The van der Waals surface area contributed by atoms with Crippen molar-refractivity contribution >= 4 is 46.3 Å². The summed E-state index contributed by atoms with van der Waals surface area (Å²) in [6, 6.07) is 29.2. The summed E-state index contributed by atoms with van der Waals surface area (Å²) in [4.78, 5) is 0. The van der Waals surface area contributed by atoms with E-state index in [0.29, 0.717) is 0 Å². The first kappa shape index (κ1) is 25.6. The van der Waals surface area contributed by atoms with Crippen LogP contribution in [0.5, 0.6) is 0 Å². The molecule has 0 fully saturated rings. The Kier molecular flexibility index (Phi) is 7.00. The summed E-state index contributed by atoms with van der Waals surface area (Å²) in [5.41, 5.74) is 12.4. The Labute approximate surface area is 235 Å². The molecule has 186 valence electrons. The van der Waals surface area contributed by atoms with E-state index >= 15 is 0 Å². The summed E-state index contributed by atoms with van der Waals surface area (Å²) in [5.74, 6) is 0. The molecule has 2 aliphatic rings. The zero-order chi connectivity index (χ0) is 25.7. The fourth-order valence-electron chi connectivity index (χ4n) is 6.60. The normalized spacial score (nSPS) is 16.5. The van der Waals surface area contributed by atoms with Crippen molar-refractivity contribution in [2.24, 2.45) is 0 Å². The van der Waals surface area contributed by atoms with Crippen LogP contribution < -0.4 is 13.6 Å². The van der Waals surface area contributed by atoms with Crippen LogP contribution in [0, 0.1) is 0 Å². The molecule has 37 heavy (non-hydrogen) atoms. The Bertz CT molecular complexity index is 1550. The average Bonchev–Trinajstić information content (AvgIpc) is 3.51. The van der Waals surface area contributed by atoms with Gasteiger partial charge < -0.3 is 0 Å². The molecule has 1 heterocycles. The second-order valence-corrected chi connectivity index (χ2v) is 26.1. The number of hydrogen-bond donors (Lipinski definition) is 0. The number of benzene rings is 4. The third-order valence-electron chi connectivity index (χ3n) is 8.41. The molecule has 0 bridgehead atoms. The summed E-state index contributed by atoms with van der Waals surface area (Å²) in [6.45, 7) is 6.78. The Morgan fingerprint density at radius 2 is 1.41 bits per heavy atom. The summed E-state index contributed by atoms with van der Waals surface area (Å²) >= 11 is -3.91. The van der Waals surface area contributed by atoms with Crippen LogP contribution in [0.2, 0.25) is 0 Å². The van der Waals surface area contributed by atoms with Gasteiger partial charge in [0.2, 0.25) is 0 Å². The van der Waals surface area contributed by atoms with Gasteiger partial charge in [0.05, 0.1) is 0 Å². The van der Waals surface area contributed by atoms with Crippen molar-refractivity contribution in [1.29, 1.82) is 0 Å². The molecule has 4 heteroatoms. The van der Waals surface area contributed by atoms with Crippen molar-refractivity contribution in [2.75, 3.05) is 0 Å². The summed E-state index contributed by atoms with van der Waals surface area (Å²) in [5, 5.41) is 3.01. The van der Waals surface area contributed by atoms with Gasteiger partial charge in [-0.05, 0) is 0 Å². The molecule has 0 nitrogen and oxygen atoms in total. The van der Waals surface area contributed by atoms with Crippen molar-refractivity contribution in [2.45, 2.75) is 43.7 Å². The third-order valence-corrected chi connectivity index (χ3v) is 22.8. The van der Waals surface area contributed by atoms with E-state index < -0.39 is 27.4 Å². The maximum atomic E-state index is 7.78. The molecule has 4 aromatic rings. The predicted molar refractivity (Wildman–Crippen MR) is 163 cm³/mol. The van der Waals surface area contributed by atoms with Crippen molar-refractivity contribution in [1.82, 2.24) is 0 Å². The van der Waals surface area contributed by atoms with E-state index in [1.165, 1.54) is 63.7 Å². The van der Waals surface area contributed by atoms with E-state index in [1.54, 1.807) is 0 Å². The minimum absolute atomic E-state index is 0.139. The number of hydrogen-bond acceptors (Lipinski definition) is 0.